The van der Waals surface area contributed by atoms with Gasteiger partial charge in [0.1, 0.15) is 0 Å². The number of halogens is 2. The van der Waals surface area contributed by atoms with Crippen LogP contribution in [0, 0.1) is 10.8 Å². The molecule has 0 aliphatic heterocycles. The molecule has 2 atom stereocenters. The summed E-state index contributed by atoms with van der Waals surface area (Å²) in [6, 6.07) is 27.4. The zero-order valence-electron chi connectivity index (χ0n) is 38.2. The van der Waals surface area contributed by atoms with Gasteiger partial charge in [0.25, 0.3) is 0 Å². The van der Waals surface area contributed by atoms with Crippen LogP contribution in [0.15, 0.2) is 83.9 Å². The molecule has 0 saturated heterocycles. The summed E-state index contributed by atoms with van der Waals surface area (Å²) in [6.07, 6.45) is 7.49. The molecule has 0 aromatic heterocycles. The predicted octanol–water partition coefficient (Wildman–Crippen LogP) is 8.96. The first-order valence-corrected chi connectivity index (χ1v) is 29.8. The maximum Gasteiger partial charge on any atom is -1.00 e. The second kappa shape index (κ2) is 17.9. The number of rotatable bonds is 8. The van der Waals surface area contributed by atoms with Gasteiger partial charge in [-0.2, -0.15) is 0 Å². The first-order valence-electron chi connectivity index (χ1n) is 20.8. The molecule has 4 aromatic carbocycles. The van der Waals surface area contributed by atoms with Crippen molar-refractivity contribution in [2.45, 2.75) is 127 Å². The molecular formula is C52H68Cl2O2SiZr. The third-order valence-corrected chi connectivity index (χ3v) is 31.0. The van der Waals surface area contributed by atoms with Crippen LogP contribution in [0.1, 0.15) is 137 Å². The molecule has 2 aliphatic carbocycles. The summed E-state index contributed by atoms with van der Waals surface area (Å²) < 4.78 is 13.9. The Bertz CT molecular complexity index is 2070. The molecular weight excluding hydrogens is 847 g/mol. The van der Waals surface area contributed by atoms with Crippen molar-refractivity contribution in [2.24, 2.45) is 10.8 Å². The standard InChI is InChI=1S/2C25H31O.C2H6Si.2ClH.Zr/c2*1-24(2,3)16-17-13-19-15-21(25(4,5)6)23(26-7)22(20(19)14-17)18-11-9-8-10-12-18;1-3-2;;;/h2*8-15H,16H2,1-7H3;1-2H3;2*1H;/q;;;;;+2/p-2. The van der Waals surface area contributed by atoms with Crippen LogP contribution >= 0.6 is 0 Å². The van der Waals surface area contributed by atoms with Crippen molar-refractivity contribution in [2.75, 3.05) is 14.2 Å². The molecule has 58 heavy (non-hydrogen) atoms. The summed E-state index contributed by atoms with van der Waals surface area (Å²) in [5, 5.41) is 0. The Kier molecular flexibility index (Phi) is 14.9. The molecule has 0 fully saturated rings. The van der Waals surface area contributed by atoms with Gasteiger partial charge in [-0.15, -0.1) is 0 Å². The van der Waals surface area contributed by atoms with E-state index in [-0.39, 0.29) is 46.5 Å². The first-order chi connectivity index (χ1) is 26.1. The van der Waals surface area contributed by atoms with Gasteiger partial charge in [0, 0.05) is 0 Å². The Balaban J connectivity index is 0.00000372. The third-order valence-electron chi connectivity index (χ3n) is 11.5. The zero-order chi connectivity index (χ0) is 41.1. The zero-order valence-corrected chi connectivity index (χ0v) is 43.2. The second-order valence-corrected chi connectivity index (χ2v) is 39.0. The van der Waals surface area contributed by atoms with Gasteiger partial charge in [0.2, 0.25) is 0 Å². The van der Waals surface area contributed by atoms with Crippen molar-refractivity contribution < 1.29 is 54.7 Å². The fraction of sp³-hybridized carbons (Fsp3) is 0.462. The van der Waals surface area contributed by atoms with Crippen LogP contribution in [0.3, 0.4) is 0 Å². The maximum atomic E-state index is 6.47. The third kappa shape index (κ3) is 9.72. The van der Waals surface area contributed by atoms with E-state index in [9.17, 15) is 0 Å². The summed E-state index contributed by atoms with van der Waals surface area (Å²) in [5.41, 5.74) is 16.4. The van der Waals surface area contributed by atoms with E-state index in [2.05, 4.69) is 181 Å². The van der Waals surface area contributed by atoms with E-state index in [0.717, 1.165) is 24.3 Å². The van der Waals surface area contributed by atoms with Gasteiger partial charge >= 0.3 is 351 Å². The molecule has 0 unspecified atom stereocenters. The smallest absolute Gasteiger partial charge is 1.00 e. The van der Waals surface area contributed by atoms with Gasteiger partial charge in [0.15, 0.2) is 0 Å². The monoisotopic (exact) mass is 912 g/mol. The topological polar surface area (TPSA) is 18.5 Å². The van der Waals surface area contributed by atoms with E-state index in [0.29, 0.717) is 7.25 Å². The van der Waals surface area contributed by atoms with Crippen molar-refractivity contribution in [3.8, 4) is 33.8 Å². The molecule has 0 N–H and O–H groups in total. The minimum atomic E-state index is -2.62. The van der Waals surface area contributed by atoms with Crippen molar-refractivity contribution in [1.29, 1.82) is 0 Å². The normalized spacial score (nSPS) is 16.2. The molecule has 0 saturated carbocycles. The Morgan fingerprint density at radius 2 is 0.862 bits per heavy atom. The molecule has 0 amide bonds. The van der Waals surface area contributed by atoms with Gasteiger partial charge < -0.3 is 24.8 Å². The van der Waals surface area contributed by atoms with E-state index >= 15 is 0 Å². The van der Waals surface area contributed by atoms with Crippen LogP contribution in [0.2, 0.25) is 13.1 Å². The summed E-state index contributed by atoms with van der Waals surface area (Å²) in [5.74, 6) is 2.07. The number of methoxy groups -OCH3 is 2. The van der Waals surface area contributed by atoms with Crippen LogP contribution in [0.5, 0.6) is 11.5 Å². The van der Waals surface area contributed by atoms with E-state index in [1.54, 1.807) is 22.3 Å². The van der Waals surface area contributed by atoms with Crippen molar-refractivity contribution in [1.82, 2.24) is 0 Å². The largest absolute Gasteiger partial charge is 1.00 e. The molecule has 0 bridgehead atoms. The molecule has 6 heteroatoms. The molecule has 0 radical (unpaired) electrons. The van der Waals surface area contributed by atoms with Gasteiger partial charge in [-0.05, 0) is 0 Å². The Labute approximate surface area is 372 Å². The van der Waals surface area contributed by atoms with Gasteiger partial charge in [-0.1, -0.05) is 0 Å². The molecule has 4 aromatic rings. The Morgan fingerprint density at radius 3 is 1.12 bits per heavy atom. The molecule has 0 spiro atoms. The predicted molar refractivity (Wildman–Crippen MR) is 241 cm³/mol. The summed E-state index contributed by atoms with van der Waals surface area (Å²) in [4.78, 5) is 0. The van der Waals surface area contributed by atoms with Crippen molar-refractivity contribution >= 4 is 17.6 Å². The minimum absolute atomic E-state index is 0. The second-order valence-electron chi connectivity index (χ2n) is 21.1. The molecule has 0 heterocycles. The van der Waals surface area contributed by atoms with Crippen molar-refractivity contribution in [3.63, 3.8) is 0 Å². The minimum Gasteiger partial charge on any atom is -1.00 e. The van der Waals surface area contributed by atoms with Crippen LogP contribution < -0.4 is 34.3 Å². The molecule has 2 nitrogen and oxygen atoms in total. The first kappa shape index (κ1) is 48.3. The summed E-state index contributed by atoms with van der Waals surface area (Å²) in [7, 11) is 3.75. The molecule has 2 aliphatic rings. The number of hydrogen-bond donors (Lipinski definition) is 0. The maximum absolute atomic E-state index is 6.47. The summed E-state index contributed by atoms with van der Waals surface area (Å²) in [6.45, 7) is 34.1. The fourth-order valence-corrected chi connectivity index (χ4v) is 29.7. The average Bonchev–Trinajstić information content (AvgIpc) is 3.61. The number of benzene rings is 4. The quantitative estimate of drug-likeness (QED) is 0.165. The summed E-state index contributed by atoms with van der Waals surface area (Å²) >= 11 is -2.62. The van der Waals surface area contributed by atoms with E-state index in [4.69, 9.17) is 9.47 Å². The van der Waals surface area contributed by atoms with Crippen LogP contribution in [0.4, 0.5) is 0 Å². The van der Waals surface area contributed by atoms with E-state index < -0.39 is 25.8 Å². The van der Waals surface area contributed by atoms with E-state index in [1.807, 2.05) is 14.2 Å². The van der Waals surface area contributed by atoms with Gasteiger partial charge in [-0.25, -0.2) is 0 Å². The van der Waals surface area contributed by atoms with Crippen LogP contribution in [-0.2, 0) is 31.2 Å². The number of fused-ring (bicyclic) bond motifs is 2. The molecule has 6 rings (SSSR count). The number of hydrogen-bond acceptors (Lipinski definition) is 2. The van der Waals surface area contributed by atoms with Crippen LogP contribution in [-0.4, -0.2) is 19.7 Å². The Hall–Kier alpha value is -2.36. The van der Waals surface area contributed by atoms with Gasteiger partial charge in [-0.3, -0.25) is 0 Å². The Morgan fingerprint density at radius 1 is 0.534 bits per heavy atom. The SMILES string of the molecule is COc1c(C(C)(C)C)cc2c(c1-c1ccccc1)C=C(CC(C)(C)C)[C@H]2[Zr+2]([C@H]1C(CC(C)(C)C)=Cc2c1cc(C(C)(C)C)c(OC)c2-c1ccccc1)=[Si](C)C.[Cl-].[Cl-]. The van der Waals surface area contributed by atoms with E-state index in [1.165, 1.54) is 44.5 Å². The number of ether oxygens (including phenoxy) is 2. The molecule has 310 valence electrons. The van der Waals surface area contributed by atoms with Crippen LogP contribution in [0.25, 0.3) is 34.4 Å². The average molecular weight is 915 g/mol. The number of allylic oxidation sites excluding steroid dienone is 2. The van der Waals surface area contributed by atoms with Gasteiger partial charge in [0.05, 0.1) is 0 Å². The fourth-order valence-electron chi connectivity index (χ4n) is 9.46. The van der Waals surface area contributed by atoms with Crippen molar-refractivity contribution in [3.05, 3.63) is 117 Å².